The number of hydrogen-bond acceptors (Lipinski definition) is 7. The van der Waals surface area contributed by atoms with Crippen LogP contribution in [0, 0.1) is 0 Å². The summed E-state index contributed by atoms with van der Waals surface area (Å²) in [6, 6.07) is 0. The van der Waals surface area contributed by atoms with Gasteiger partial charge in [0.1, 0.15) is 0 Å². The van der Waals surface area contributed by atoms with Crippen molar-refractivity contribution in [3.05, 3.63) is 0 Å². The van der Waals surface area contributed by atoms with E-state index in [-0.39, 0.29) is 24.1 Å². The Morgan fingerprint density at radius 1 is 1.23 bits per heavy atom. The monoisotopic (exact) mass is 384 g/mol. The molecule has 0 spiro atoms. The summed E-state index contributed by atoms with van der Waals surface area (Å²) >= 11 is 1.36. The molecule has 1 aliphatic heterocycles. The number of thioether (sulfide) groups is 1. The van der Waals surface area contributed by atoms with E-state index in [1.54, 1.807) is 4.90 Å². The molecule has 0 radical (unpaired) electrons. The third kappa shape index (κ3) is 5.34. The van der Waals surface area contributed by atoms with Crippen LogP contribution in [0.1, 0.15) is 20.8 Å². The number of carbonyl (C=O) groups is 2. The summed E-state index contributed by atoms with van der Waals surface area (Å²) in [4.78, 5) is 27.9. The normalized spacial score (nSPS) is 14.3. The number of amides is 2. The summed E-state index contributed by atoms with van der Waals surface area (Å²) in [5, 5.41) is 12.0. The molecule has 2 heterocycles. The lowest BCUT2D eigenvalue weighted by Crippen LogP contribution is -2.41. The van der Waals surface area contributed by atoms with Gasteiger partial charge in [-0.05, 0) is 20.8 Å². The first-order valence-corrected chi connectivity index (χ1v) is 10.0. The van der Waals surface area contributed by atoms with Crippen molar-refractivity contribution in [3.63, 3.8) is 0 Å². The molecule has 10 heteroatoms. The fourth-order valence-corrected chi connectivity index (χ4v) is 3.58. The van der Waals surface area contributed by atoms with Crippen LogP contribution in [-0.4, -0.2) is 83.2 Å². The van der Waals surface area contributed by atoms with Gasteiger partial charge in [0, 0.05) is 32.7 Å². The molecule has 1 aliphatic rings. The quantitative estimate of drug-likeness (QED) is 0.609. The third-order valence-corrected chi connectivity index (χ3v) is 5.03. The first kappa shape index (κ1) is 20.5. The second-order valence-corrected chi connectivity index (χ2v) is 6.72. The first-order valence-electron chi connectivity index (χ1n) is 9.03. The van der Waals surface area contributed by atoms with Crippen LogP contribution in [0.25, 0.3) is 0 Å². The fraction of sp³-hybridized carbons (Fsp3) is 0.750. The summed E-state index contributed by atoms with van der Waals surface area (Å²) in [6.07, 6.45) is 0. The number of hydrogen-bond donors (Lipinski definition) is 1. The SMILES string of the molecule is CCNC(=O)CN(CC)C(=O)CSc1nnc(N2CCOCC2)n1CC. The molecule has 0 aromatic carbocycles. The van der Waals surface area contributed by atoms with Gasteiger partial charge in [-0.15, -0.1) is 10.2 Å². The maximum absolute atomic E-state index is 12.4. The van der Waals surface area contributed by atoms with E-state index in [9.17, 15) is 9.59 Å². The molecule has 9 nitrogen and oxygen atoms in total. The zero-order chi connectivity index (χ0) is 18.9. The summed E-state index contributed by atoms with van der Waals surface area (Å²) in [5.41, 5.74) is 0. The van der Waals surface area contributed by atoms with Crippen molar-refractivity contribution in [1.82, 2.24) is 25.0 Å². The number of anilines is 1. The fourth-order valence-electron chi connectivity index (χ4n) is 2.68. The second kappa shape index (κ2) is 10.4. The number of ether oxygens (including phenoxy) is 1. The number of rotatable bonds is 9. The highest BCUT2D eigenvalue weighted by Gasteiger charge is 2.21. The van der Waals surface area contributed by atoms with Crippen LogP contribution in [-0.2, 0) is 20.9 Å². The zero-order valence-corrected chi connectivity index (χ0v) is 16.5. The van der Waals surface area contributed by atoms with Gasteiger partial charge in [0.15, 0.2) is 5.16 Å². The minimum atomic E-state index is -0.140. The van der Waals surface area contributed by atoms with E-state index in [1.165, 1.54) is 11.8 Å². The third-order valence-electron chi connectivity index (χ3n) is 4.08. The van der Waals surface area contributed by atoms with E-state index < -0.39 is 0 Å². The largest absolute Gasteiger partial charge is 0.378 e. The number of morpholine rings is 1. The first-order chi connectivity index (χ1) is 12.6. The van der Waals surface area contributed by atoms with Crippen LogP contribution in [0.2, 0.25) is 0 Å². The molecule has 0 aliphatic carbocycles. The minimum Gasteiger partial charge on any atom is -0.378 e. The van der Waals surface area contributed by atoms with Crippen LogP contribution in [0.5, 0.6) is 0 Å². The molecule has 1 saturated heterocycles. The predicted molar refractivity (Wildman–Crippen MR) is 100 cm³/mol. The average molecular weight is 385 g/mol. The molecule has 0 saturated carbocycles. The Bertz CT molecular complexity index is 603. The highest BCUT2D eigenvalue weighted by atomic mass is 32.2. The van der Waals surface area contributed by atoms with Crippen LogP contribution in [0.15, 0.2) is 5.16 Å². The minimum absolute atomic E-state index is 0.0812. The van der Waals surface area contributed by atoms with Crippen LogP contribution in [0.4, 0.5) is 5.95 Å². The molecule has 0 unspecified atom stereocenters. The maximum atomic E-state index is 12.4. The van der Waals surface area contributed by atoms with Gasteiger partial charge >= 0.3 is 0 Å². The molecule has 0 bridgehead atoms. The molecule has 1 fully saturated rings. The lowest BCUT2D eigenvalue weighted by atomic mass is 10.4. The van der Waals surface area contributed by atoms with Gasteiger partial charge in [-0.3, -0.25) is 14.2 Å². The predicted octanol–water partition coefficient (Wildman–Crippen LogP) is 0.211. The smallest absolute Gasteiger partial charge is 0.239 e. The van der Waals surface area contributed by atoms with E-state index in [1.807, 2.05) is 25.3 Å². The van der Waals surface area contributed by atoms with Crippen LogP contribution >= 0.6 is 11.8 Å². The van der Waals surface area contributed by atoms with Crippen LogP contribution in [0.3, 0.4) is 0 Å². The molecule has 26 heavy (non-hydrogen) atoms. The Labute approximate surface area is 158 Å². The number of nitrogens with zero attached hydrogens (tertiary/aromatic N) is 5. The summed E-state index contributed by atoms with van der Waals surface area (Å²) in [6.45, 7) is 10.6. The highest BCUT2D eigenvalue weighted by Crippen LogP contribution is 2.22. The Morgan fingerprint density at radius 3 is 2.58 bits per heavy atom. The Kier molecular flexibility index (Phi) is 8.17. The van der Waals surface area contributed by atoms with E-state index in [2.05, 4.69) is 20.4 Å². The van der Waals surface area contributed by atoms with Crippen molar-refractivity contribution < 1.29 is 14.3 Å². The van der Waals surface area contributed by atoms with Crippen LogP contribution < -0.4 is 10.2 Å². The molecule has 1 aromatic heterocycles. The molecule has 0 atom stereocenters. The molecule has 1 aromatic rings. The standard InChI is InChI=1S/C16H28N6O3S/c1-4-17-13(23)11-20(5-2)14(24)12-26-16-19-18-15(22(16)6-3)21-7-9-25-10-8-21/h4-12H2,1-3H3,(H,17,23). The lowest BCUT2D eigenvalue weighted by Gasteiger charge is -2.27. The molecular formula is C16H28N6O3S. The van der Waals surface area contributed by atoms with Gasteiger partial charge in [0.25, 0.3) is 0 Å². The van der Waals surface area contributed by atoms with Crippen molar-refractivity contribution in [3.8, 4) is 0 Å². The summed E-state index contributed by atoms with van der Waals surface area (Å²) < 4.78 is 7.40. The lowest BCUT2D eigenvalue weighted by molar-refractivity contribution is -0.133. The zero-order valence-electron chi connectivity index (χ0n) is 15.7. The molecule has 2 rings (SSSR count). The van der Waals surface area contributed by atoms with Crippen molar-refractivity contribution in [2.24, 2.45) is 0 Å². The van der Waals surface area contributed by atoms with Crippen molar-refractivity contribution in [1.29, 1.82) is 0 Å². The molecule has 146 valence electrons. The molecule has 1 N–H and O–H groups in total. The molecular weight excluding hydrogens is 356 g/mol. The van der Waals surface area contributed by atoms with Gasteiger partial charge in [-0.2, -0.15) is 0 Å². The Hall–Kier alpha value is -1.81. The second-order valence-electron chi connectivity index (χ2n) is 5.78. The molecule has 2 amide bonds. The topological polar surface area (TPSA) is 92.6 Å². The van der Waals surface area contributed by atoms with E-state index >= 15 is 0 Å². The summed E-state index contributed by atoms with van der Waals surface area (Å²) in [7, 11) is 0. The number of likely N-dealkylation sites (N-methyl/N-ethyl adjacent to an activating group) is 2. The van der Waals surface area contributed by atoms with Gasteiger partial charge in [0.2, 0.25) is 17.8 Å². The Balaban J connectivity index is 1.96. The van der Waals surface area contributed by atoms with Crippen molar-refractivity contribution >= 4 is 29.5 Å². The van der Waals surface area contributed by atoms with Gasteiger partial charge in [-0.1, -0.05) is 11.8 Å². The van der Waals surface area contributed by atoms with E-state index in [0.29, 0.717) is 26.3 Å². The number of aromatic nitrogens is 3. The average Bonchev–Trinajstić information content (AvgIpc) is 3.08. The van der Waals surface area contributed by atoms with Crippen molar-refractivity contribution in [2.75, 3.05) is 56.6 Å². The maximum Gasteiger partial charge on any atom is 0.239 e. The Morgan fingerprint density at radius 2 is 1.96 bits per heavy atom. The van der Waals surface area contributed by atoms with Gasteiger partial charge < -0.3 is 19.9 Å². The van der Waals surface area contributed by atoms with Gasteiger partial charge in [-0.25, -0.2) is 0 Å². The number of nitrogens with one attached hydrogen (secondary N) is 1. The number of carbonyl (C=O) groups excluding carboxylic acids is 2. The van der Waals surface area contributed by atoms with E-state index in [0.717, 1.165) is 30.7 Å². The van der Waals surface area contributed by atoms with Crippen molar-refractivity contribution in [2.45, 2.75) is 32.5 Å². The van der Waals surface area contributed by atoms with E-state index in [4.69, 9.17) is 4.74 Å². The summed E-state index contributed by atoms with van der Waals surface area (Å²) in [5.74, 6) is 0.830. The van der Waals surface area contributed by atoms with Gasteiger partial charge in [0.05, 0.1) is 25.5 Å². The highest BCUT2D eigenvalue weighted by molar-refractivity contribution is 7.99.